The van der Waals surface area contributed by atoms with Crippen molar-refractivity contribution in [2.24, 2.45) is 5.92 Å². The molecule has 0 aliphatic rings. The fourth-order valence-electron chi connectivity index (χ4n) is 5.40. The maximum Gasteiger partial charge on any atom is 0.0789 e. The number of nitrogens with zero attached hydrogens (tertiary/aromatic N) is 1. The van der Waals surface area contributed by atoms with Crippen LogP contribution in [0, 0.1) is 12.8 Å². The standard InChI is InChI=1S/C34H33NS2/c1-20(2)15-30-21(3)25-12-11-23(18-32(25)37-30)31-19-27-29(36-31)13-14-35-33(27)24-16-22-9-7-8-10-26(22)28(17-24)34(4,5)6/h7-14,16-20H,15H2,1-6H3. The first-order valence-electron chi connectivity index (χ1n) is 13.1. The number of rotatable bonds is 4. The zero-order valence-electron chi connectivity index (χ0n) is 22.5. The van der Waals surface area contributed by atoms with Crippen LogP contribution >= 0.6 is 22.7 Å². The number of pyridine rings is 1. The summed E-state index contributed by atoms with van der Waals surface area (Å²) in [5, 5.41) is 5.24. The van der Waals surface area contributed by atoms with Crippen LogP contribution in [0.1, 0.15) is 50.6 Å². The van der Waals surface area contributed by atoms with Crippen LogP contribution in [0.4, 0.5) is 0 Å². The Morgan fingerprint density at radius 1 is 0.784 bits per heavy atom. The lowest BCUT2D eigenvalue weighted by molar-refractivity contribution is 0.596. The lowest BCUT2D eigenvalue weighted by Gasteiger charge is -2.22. The maximum atomic E-state index is 4.92. The molecule has 6 aromatic rings. The van der Waals surface area contributed by atoms with Crippen LogP contribution in [-0.2, 0) is 11.8 Å². The van der Waals surface area contributed by atoms with Crippen LogP contribution in [0.5, 0.6) is 0 Å². The fourth-order valence-corrected chi connectivity index (χ4v) is 7.91. The third kappa shape index (κ3) is 4.39. The minimum atomic E-state index is 0.0476. The lowest BCUT2D eigenvalue weighted by atomic mass is 9.82. The molecule has 186 valence electrons. The first-order valence-corrected chi connectivity index (χ1v) is 14.8. The molecule has 0 saturated carbocycles. The number of aromatic nitrogens is 1. The summed E-state index contributed by atoms with van der Waals surface area (Å²) in [6, 6.07) is 24.9. The number of benzene rings is 3. The Morgan fingerprint density at radius 2 is 1.59 bits per heavy atom. The van der Waals surface area contributed by atoms with E-state index < -0.39 is 0 Å². The molecule has 0 aliphatic carbocycles. The second kappa shape index (κ2) is 9.08. The van der Waals surface area contributed by atoms with Gasteiger partial charge in [-0.15, -0.1) is 22.7 Å². The fraction of sp³-hybridized carbons (Fsp3) is 0.265. The van der Waals surface area contributed by atoms with E-state index in [1.54, 1.807) is 0 Å². The van der Waals surface area contributed by atoms with Gasteiger partial charge in [-0.1, -0.05) is 71.0 Å². The maximum absolute atomic E-state index is 4.92. The first-order chi connectivity index (χ1) is 17.7. The third-order valence-corrected chi connectivity index (χ3v) is 9.73. The van der Waals surface area contributed by atoms with E-state index in [0.717, 1.165) is 12.1 Å². The third-order valence-electron chi connectivity index (χ3n) is 7.30. The normalized spacial score (nSPS) is 12.4. The van der Waals surface area contributed by atoms with Gasteiger partial charge >= 0.3 is 0 Å². The molecule has 37 heavy (non-hydrogen) atoms. The molecule has 6 rings (SSSR count). The van der Waals surface area contributed by atoms with Gasteiger partial charge in [0, 0.05) is 36.3 Å². The summed E-state index contributed by atoms with van der Waals surface area (Å²) in [6.07, 6.45) is 3.12. The Kier molecular flexibility index (Phi) is 5.97. The minimum absolute atomic E-state index is 0.0476. The summed E-state index contributed by atoms with van der Waals surface area (Å²) in [5.74, 6) is 0.675. The summed E-state index contributed by atoms with van der Waals surface area (Å²) < 4.78 is 2.68. The smallest absolute Gasteiger partial charge is 0.0789 e. The highest BCUT2D eigenvalue weighted by Gasteiger charge is 2.20. The van der Waals surface area contributed by atoms with Crippen LogP contribution in [0.3, 0.4) is 0 Å². The van der Waals surface area contributed by atoms with Gasteiger partial charge in [0.05, 0.1) is 5.69 Å². The van der Waals surface area contributed by atoms with E-state index >= 15 is 0 Å². The number of aryl methyl sites for hydroxylation is 1. The van der Waals surface area contributed by atoms with Gasteiger partial charge in [0.15, 0.2) is 0 Å². The van der Waals surface area contributed by atoms with Crippen LogP contribution in [0.25, 0.3) is 52.6 Å². The molecule has 0 unspecified atom stereocenters. The van der Waals surface area contributed by atoms with Crippen molar-refractivity contribution in [3.63, 3.8) is 0 Å². The summed E-state index contributed by atoms with van der Waals surface area (Å²) in [6.45, 7) is 13.8. The van der Waals surface area contributed by atoms with Gasteiger partial charge in [-0.2, -0.15) is 0 Å². The van der Waals surface area contributed by atoms with E-state index in [9.17, 15) is 0 Å². The number of fused-ring (bicyclic) bond motifs is 3. The quantitative estimate of drug-likeness (QED) is 0.226. The average Bonchev–Trinajstić information content (AvgIpc) is 3.43. The Bertz CT molecular complexity index is 1780. The Labute approximate surface area is 227 Å². The molecular formula is C34H33NS2. The highest BCUT2D eigenvalue weighted by molar-refractivity contribution is 7.22. The monoisotopic (exact) mass is 519 g/mol. The van der Waals surface area contributed by atoms with Crippen LogP contribution in [0.15, 0.2) is 72.9 Å². The molecule has 0 radical (unpaired) electrons. The van der Waals surface area contributed by atoms with Crippen molar-refractivity contribution in [2.45, 2.75) is 53.4 Å². The number of thiophene rings is 2. The van der Waals surface area contributed by atoms with Crippen LogP contribution < -0.4 is 0 Å². The molecule has 0 fully saturated rings. The van der Waals surface area contributed by atoms with Crippen molar-refractivity contribution >= 4 is 53.6 Å². The molecule has 3 heteroatoms. The second-order valence-corrected chi connectivity index (χ2v) is 13.9. The van der Waals surface area contributed by atoms with Crippen molar-refractivity contribution in [3.8, 4) is 21.7 Å². The molecule has 0 saturated heterocycles. The average molecular weight is 520 g/mol. The molecule has 3 aromatic heterocycles. The molecule has 0 bridgehead atoms. The van der Waals surface area contributed by atoms with Crippen molar-refractivity contribution < 1.29 is 0 Å². The van der Waals surface area contributed by atoms with E-state index in [4.69, 9.17) is 4.98 Å². The SMILES string of the molecule is Cc1c(CC(C)C)sc2cc(-c3cc4c(-c5cc(C(C)(C)C)c6ccccc6c5)nccc4s3)ccc12. The van der Waals surface area contributed by atoms with E-state index in [1.807, 2.05) is 28.9 Å². The summed E-state index contributed by atoms with van der Waals surface area (Å²) in [4.78, 5) is 7.74. The van der Waals surface area contributed by atoms with Gasteiger partial charge in [-0.25, -0.2) is 0 Å². The molecule has 3 aromatic carbocycles. The molecule has 0 amide bonds. The van der Waals surface area contributed by atoms with E-state index in [-0.39, 0.29) is 5.41 Å². The summed E-state index contributed by atoms with van der Waals surface area (Å²) in [5.41, 5.74) is 6.43. The topological polar surface area (TPSA) is 12.9 Å². The van der Waals surface area contributed by atoms with Gasteiger partial charge in [0.2, 0.25) is 0 Å². The van der Waals surface area contributed by atoms with Crippen molar-refractivity contribution in [1.29, 1.82) is 0 Å². The molecular weight excluding hydrogens is 487 g/mol. The highest BCUT2D eigenvalue weighted by Crippen LogP contribution is 2.42. The van der Waals surface area contributed by atoms with Crippen molar-refractivity contribution in [3.05, 3.63) is 88.9 Å². The number of hydrogen-bond acceptors (Lipinski definition) is 3. The van der Waals surface area contributed by atoms with E-state index in [1.165, 1.54) is 63.0 Å². The molecule has 0 atom stereocenters. The summed E-state index contributed by atoms with van der Waals surface area (Å²) >= 11 is 3.83. The van der Waals surface area contributed by atoms with Crippen LogP contribution in [-0.4, -0.2) is 4.98 Å². The predicted molar refractivity (Wildman–Crippen MR) is 165 cm³/mol. The molecule has 3 heterocycles. The van der Waals surface area contributed by atoms with Gasteiger partial charge in [0.1, 0.15) is 0 Å². The molecule has 0 spiro atoms. The van der Waals surface area contributed by atoms with Gasteiger partial charge in [0.25, 0.3) is 0 Å². The van der Waals surface area contributed by atoms with E-state index in [0.29, 0.717) is 5.92 Å². The summed E-state index contributed by atoms with van der Waals surface area (Å²) in [7, 11) is 0. The van der Waals surface area contributed by atoms with Gasteiger partial charge in [-0.05, 0) is 87.9 Å². The predicted octanol–water partition coefficient (Wildman–Crippen LogP) is 10.8. The Morgan fingerprint density at radius 3 is 2.38 bits per heavy atom. The lowest BCUT2D eigenvalue weighted by Crippen LogP contribution is -2.12. The van der Waals surface area contributed by atoms with E-state index in [2.05, 4.69) is 108 Å². The first kappa shape index (κ1) is 24.3. The Hall–Kier alpha value is -3.01. The molecule has 0 N–H and O–H groups in total. The molecule has 0 aliphatic heterocycles. The highest BCUT2D eigenvalue weighted by atomic mass is 32.1. The second-order valence-electron chi connectivity index (χ2n) is 11.6. The number of hydrogen-bond donors (Lipinski definition) is 0. The van der Waals surface area contributed by atoms with Crippen molar-refractivity contribution in [1.82, 2.24) is 4.98 Å². The van der Waals surface area contributed by atoms with Gasteiger partial charge in [-0.3, -0.25) is 4.98 Å². The van der Waals surface area contributed by atoms with Crippen molar-refractivity contribution in [2.75, 3.05) is 0 Å². The largest absolute Gasteiger partial charge is 0.256 e. The van der Waals surface area contributed by atoms with Crippen LogP contribution in [0.2, 0.25) is 0 Å². The Balaban J connectivity index is 1.49. The minimum Gasteiger partial charge on any atom is -0.256 e. The van der Waals surface area contributed by atoms with Gasteiger partial charge < -0.3 is 0 Å². The zero-order valence-corrected chi connectivity index (χ0v) is 24.1. The molecule has 1 nitrogen and oxygen atoms in total. The zero-order chi connectivity index (χ0) is 25.9.